The van der Waals surface area contributed by atoms with Gasteiger partial charge in [0.05, 0.1) is 16.6 Å². The van der Waals surface area contributed by atoms with Crippen LogP contribution in [0.15, 0.2) is 36.4 Å². The van der Waals surface area contributed by atoms with E-state index < -0.39 is 0 Å². The number of hydrogen-bond donors (Lipinski definition) is 1. The summed E-state index contributed by atoms with van der Waals surface area (Å²) < 4.78 is 0. The topological polar surface area (TPSA) is 79.0 Å². The Morgan fingerprint density at radius 2 is 1.95 bits per heavy atom. The van der Waals surface area contributed by atoms with Gasteiger partial charge in [-0.1, -0.05) is 23.5 Å². The highest BCUT2D eigenvalue weighted by molar-refractivity contribution is 7.15. The third kappa shape index (κ3) is 3.61. The van der Waals surface area contributed by atoms with E-state index in [4.69, 9.17) is 5.26 Å². The first-order valence-corrected chi connectivity index (χ1v) is 6.43. The van der Waals surface area contributed by atoms with Crippen LogP contribution < -0.4 is 5.32 Å². The molecule has 0 bridgehead atoms. The molecule has 0 aliphatic carbocycles. The summed E-state index contributed by atoms with van der Waals surface area (Å²) in [6.45, 7) is 1.26. The Morgan fingerprint density at radius 1 is 1.21 bits per heavy atom. The molecule has 1 heterocycles. The first kappa shape index (κ1) is 13.2. The van der Waals surface area contributed by atoms with Crippen molar-refractivity contribution in [3.8, 4) is 6.07 Å². The minimum atomic E-state index is -0.380. The van der Waals surface area contributed by atoms with Crippen molar-refractivity contribution in [1.82, 2.24) is 5.32 Å². The van der Waals surface area contributed by atoms with Crippen LogP contribution in [-0.4, -0.2) is 4.92 Å². The van der Waals surface area contributed by atoms with E-state index >= 15 is 0 Å². The second kappa shape index (κ2) is 6.09. The molecule has 1 aromatic carbocycles. The third-order valence-corrected chi connectivity index (χ3v) is 3.58. The number of thiophene rings is 1. The summed E-state index contributed by atoms with van der Waals surface area (Å²) in [7, 11) is 0. The van der Waals surface area contributed by atoms with Gasteiger partial charge in [0.2, 0.25) is 0 Å². The lowest BCUT2D eigenvalue weighted by Crippen LogP contribution is -2.11. The van der Waals surface area contributed by atoms with Crippen LogP contribution in [0.3, 0.4) is 0 Å². The molecule has 0 radical (unpaired) electrons. The van der Waals surface area contributed by atoms with Crippen molar-refractivity contribution in [3.05, 3.63) is 62.5 Å². The fourth-order valence-corrected chi connectivity index (χ4v) is 2.38. The highest BCUT2D eigenvalue weighted by atomic mass is 32.1. The lowest BCUT2D eigenvalue weighted by molar-refractivity contribution is -0.380. The highest BCUT2D eigenvalue weighted by Crippen LogP contribution is 2.23. The molecule has 0 unspecified atom stereocenters. The Bertz CT molecular complexity index is 614. The van der Waals surface area contributed by atoms with E-state index in [2.05, 4.69) is 11.4 Å². The van der Waals surface area contributed by atoms with Crippen molar-refractivity contribution in [1.29, 1.82) is 5.26 Å². The maximum absolute atomic E-state index is 10.5. The van der Waals surface area contributed by atoms with E-state index in [1.807, 2.05) is 12.1 Å². The molecule has 5 nitrogen and oxygen atoms in total. The standard InChI is InChI=1S/C13H11N3O2S/c14-7-10-1-3-11(4-2-10)8-15-9-12-5-6-13(19-12)16(17)18/h1-6,15H,8-9H2. The molecule has 0 saturated heterocycles. The van der Waals surface area contributed by atoms with Crippen LogP contribution in [0.1, 0.15) is 16.0 Å². The Labute approximate surface area is 114 Å². The van der Waals surface area contributed by atoms with Crippen molar-refractivity contribution < 1.29 is 4.92 Å². The van der Waals surface area contributed by atoms with Gasteiger partial charge in [0.15, 0.2) is 0 Å². The number of rotatable bonds is 5. The van der Waals surface area contributed by atoms with E-state index in [0.717, 1.165) is 10.4 Å². The fraction of sp³-hybridized carbons (Fsp3) is 0.154. The number of hydrogen-bond acceptors (Lipinski definition) is 5. The van der Waals surface area contributed by atoms with E-state index in [1.54, 1.807) is 18.2 Å². The van der Waals surface area contributed by atoms with Crippen LogP contribution >= 0.6 is 11.3 Å². The van der Waals surface area contributed by atoms with Crippen molar-refractivity contribution >= 4 is 16.3 Å². The Balaban J connectivity index is 1.85. The number of nitro groups is 1. The van der Waals surface area contributed by atoms with Crippen molar-refractivity contribution in [2.24, 2.45) is 0 Å². The molecular formula is C13H11N3O2S. The molecule has 0 fully saturated rings. The average molecular weight is 273 g/mol. The second-order valence-electron chi connectivity index (χ2n) is 3.91. The molecule has 0 atom stereocenters. The minimum Gasteiger partial charge on any atom is -0.308 e. The zero-order valence-corrected chi connectivity index (χ0v) is 10.8. The first-order valence-electron chi connectivity index (χ1n) is 5.62. The molecule has 0 aliphatic heterocycles. The molecule has 0 saturated carbocycles. The second-order valence-corrected chi connectivity index (χ2v) is 5.06. The summed E-state index contributed by atoms with van der Waals surface area (Å²) in [4.78, 5) is 11.1. The Kier molecular flexibility index (Phi) is 4.23. The largest absolute Gasteiger partial charge is 0.324 e. The molecule has 0 aliphatic rings. The van der Waals surface area contributed by atoms with Gasteiger partial charge < -0.3 is 5.32 Å². The fourth-order valence-electron chi connectivity index (χ4n) is 1.59. The molecular weight excluding hydrogens is 262 g/mol. The average Bonchev–Trinajstić information content (AvgIpc) is 2.89. The van der Waals surface area contributed by atoms with Gasteiger partial charge in [-0.15, -0.1) is 0 Å². The number of nitriles is 1. The summed E-state index contributed by atoms with van der Waals surface area (Å²) in [6.07, 6.45) is 0. The predicted octanol–water partition coefficient (Wildman–Crippen LogP) is 2.82. The maximum atomic E-state index is 10.5. The van der Waals surface area contributed by atoms with Crippen LogP contribution in [0.5, 0.6) is 0 Å². The van der Waals surface area contributed by atoms with E-state index in [9.17, 15) is 10.1 Å². The van der Waals surface area contributed by atoms with Crippen molar-refractivity contribution in [3.63, 3.8) is 0 Å². The number of nitrogens with one attached hydrogen (secondary N) is 1. The maximum Gasteiger partial charge on any atom is 0.324 e. The number of benzene rings is 1. The molecule has 2 rings (SSSR count). The van der Waals surface area contributed by atoms with Gasteiger partial charge in [-0.3, -0.25) is 10.1 Å². The molecule has 19 heavy (non-hydrogen) atoms. The molecule has 96 valence electrons. The Morgan fingerprint density at radius 3 is 2.53 bits per heavy atom. The Hall–Kier alpha value is -2.23. The van der Waals surface area contributed by atoms with Gasteiger partial charge >= 0.3 is 5.00 Å². The van der Waals surface area contributed by atoms with Crippen LogP contribution in [0.4, 0.5) is 5.00 Å². The molecule has 0 amide bonds. The molecule has 2 aromatic rings. The SMILES string of the molecule is N#Cc1ccc(CNCc2ccc([N+](=O)[O-])s2)cc1. The summed E-state index contributed by atoms with van der Waals surface area (Å²) in [6, 6.07) is 12.7. The van der Waals surface area contributed by atoms with E-state index in [-0.39, 0.29) is 9.92 Å². The molecule has 6 heteroatoms. The van der Waals surface area contributed by atoms with E-state index in [1.165, 1.54) is 17.4 Å². The van der Waals surface area contributed by atoms with Crippen LogP contribution in [0.25, 0.3) is 0 Å². The summed E-state index contributed by atoms with van der Waals surface area (Å²) in [5, 5.41) is 22.6. The summed E-state index contributed by atoms with van der Waals surface area (Å²) in [5.41, 5.74) is 1.71. The van der Waals surface area contributed by atoms with Crippen LogP contribution in [-0.2, 0) is 13.1 Å². The van der Waals surface area contributed by atoms with Crippen LogP contribution in [0.2, 0.25) is 0 Å². The van der Waals surface area contributed by atoms with Crippen molar-refractivity contribution in [2.75, 3.05) is 0 Å². The lowest BCUT2D eigenvalue weighted by atomic mass is 10.1. The smallest absolute Gasteiger partial charge is 0.308 e. The predicted molar refractivity (Wildman–Crippen MR) is 72.7 cm³/mol. The monoisotopic (exact) mass is 273 g/mol. The summed E-state index contributed by atoms with van der Waals surface area (Å²) in [5.74, 6) is 0. The van der Waals surface area contributed by atoms with Crippen LogP contribution in [0, 0.1) is 21.4 Å². The normalized spacial score (nSPS) is 10.1. The zero-order chi connectivity index (χ0) is 13.7. The highest BCUT2D eigenvalue weighted by Gasteiger charge is 2.08. The van der Waals surface area contributed by atoms with Gasteiger partial charge in [0.1, 0.15) is 0 Å². The van der Waals surface area contributed by atoms with Gasteiger partial charge in [0, 0.05) is 24.0 Å². The minimum absolute atomic E-state index is 0.162. The quantitative estimate of drug-likeness (QED) is 0.671. The zero-order valence-electron chi connectivity index (χ0n) is 10.00. The van der Waals surface area contributed by atoms with Gasteiger partial charge in [0.25, 0.3) is 0 Å². The van der Waals surface area contributed by atoms with E-state index in [0.29, 0.717) is 18.7 Å². The number of nitrogens with zero attached hydrogens (tertiary/aromatic N) is 2. The molecule has 1 aromatic heterocycles. The first-order chi connectivity index (χ1) is 9.19. The lowest BCUT2D eigenvalue weighted by Gasteiger charge is -2.03. The summed E-state index contributed by atoms with van der Waals surface area (Å²) >= 11 is 1.18. The molecule has 0 spiro atoms. The van der Waals surface area contributed by atoms with Gasteiger partial charge in [-0.2, -0.15) is 5.26 Å². The third-order valence-electron chi connectivity index (χ3n) is 2.54. The van der Waals surface area contributed by atoms with Gasteiger partial charge in [-0.05, 0) is 23.8 Å². The molecule has 1 N–H and O–H groups in total. The van der Waals surface area contributed by atoms with Crippen molar-refractivity contribution in [2.45, 2.75) is 13.1 Å². The van der Waals surface area contributed by atoms with Gasteiger partial charge in [-0.25, -0.2) is 0 Å².